The molecular formula is C20H22N4O4. The first kappa shape index (κ1) is 19.3. The average molecular weight is 382 g/mol. The van der Waals surface area contributed by atoms with Gasteiger partial charge in [0.05, 0.1) is 6.61 Å². The van der Waals surface area contributed by atoms with Crippen molar-refractivity contribution in [1.29, 1.82) is 0 Å². The maximum absolute atomic E-state index is 12.7. The van der Waals surface area contributed by atoms with Gasteiger partial charge in [-0.25, -0.2) is 4.79 Å². The van der Waals surface area contributed by atoms with E-state index in [1.807, 2.05) is 12.1 Å². The molecule has 1 aliphatic heterocycles. The van der Waals surface area contributed by atoms with Crippen molar-refractivity contribution >= 4 is 23.6 Å². The first-order chi connectivity index (χ1) is 13.5. The second-order valence-corrected chi connectivity index (χ2v) is 6.48. The Morgan fingerprint density at radius 2 is 1.96 bits per heavy atom. The Hall–Kier alpha value is -3.42. The van der Waals surface area contributed by atoms with E-state index in [1.54, 1.807) is 41.4 Å². The average Bonchev–Trinajstić information content (AvgIpc) is 3.19. The molecule has 3 rings (SSSR count). The van der Waals surface area contributed by atoms with E-state index in [4.69, 9.17) is 10.5 Å². The van der Waals surface area contributed by atoms with Crippen molar-refractivity contribution in [1.82, 2.24) is 9.88 Å². The van der Waals surface area contributed by atoms with Gasteiger partial charge in [-0.1, -0.05) is 18.2 Å². The monoisotopic (exact) mass is 382 g/mol. The number of anilines is 1. The van der Waals surface area contributed by atoms with E-state index < -0.39 is 12.1 Å². The first-order valence-corrected chi connectivity index (χ1v) is 9.08. The number of carbonyl (C=O) groups excluding carboxylic acids is 3. The van der Waals surface area contributed by atoms with Crippen molar-refractivity contribution in [3.63, 3.8) is 0 Å². The summed E-state index contributed by atoms with van der Waals surface area (Å²) in [6.45, 7) is 0.736. The van der Waals surface area contributed by atoms with Gasteiger partial charge < -0.3 is 20.7 Å². The number of pyridine rings is 1. The van der Waals surface area contributed by atoms with Crippen LogP contribution in [0.1, 0.15) is 28.9 Å². The molecule has 1 fully saturated rings. The summed E-state index contributed by atoms with van der Waals surface area (Å²) in [6.07, 6.45) is 2.69. The summed E-state index contributed by atoms with van der Waals surface area (Å²) < 4.78 is 4.71. The van der Waals surface area contributed by atoms with Crippen molar-refractivity contribution in [2.45, 2.75) is 25.3 Å². The fraction of sp³-hybridized carbons (Fsp3) is 0.300. The van der Waals surface area contributed by atoms with Crippen LogP contribution in [0, 0.1) is 0 Å². The van der Waals surface area contributed by atoms with Crippen LogP contribution in [0.15, 0.2) is 48.7 Å². The summed E-state index contributed by atoms with van der Waals surface area (Å²) in [5.41, 5.74) is 6.85. The van der Waals surface area contributed by atoms with Gasteiger partial charge in [-0.2, -0.15) is 0 Å². The number of nitrogens with one attached hydrogen (secondary N) is 1. The smallest absolute Gasteiger partial charge is 0.404 e. The zero-order valence-electron chi connectivity index (χ0n) is 15.3. The van der Waals surface area contributed by atoms with Crippen molar-refractivity contribution < 1.29 is 19.1 Å². The molecule has 1 atom stereocenters. The molecule has 2 aromatic rings. The Labute approximate surface area is 162 Å². The van der Waals surface area contributed by atoms with E-state index in [2.05, 4.69) is 10.3 Å². The summed E-state index contributed by atoms with van der Waals surface area (Å²) in [6, 6.07) is 11.9. The van der Waals surface area contributed by atoms with Gasteiger partial charge >= 0.3 is 6.09 Å². The van der Waals surface area contributed by atoms with Gasteiger partial charge in [-0.3, -0.25) is 14.6 Å². The van der Waals surface area contributed by atoms with Crippen LogP contribution in [-0.4, -0.2) is 47.0 Å². The number of nitrogens with two attached hydrogens (primary N) is 1. The Bertz CT molecular complexity index is 839. The van der Waals surface area contributed by atoms with Crippen LogP contribution >= 0.6 is 0 Å². The largest absolute Gasteiger partial charge is 0.449 e. The highest BCUT2D eigenvalue weighted by molar-refractivity contribution is 6.00. The lowest BCUT2D eigenvalue weighted by Gasteiger charge is -2.23. The lowest BCUT2D eigenvalue weighted by Crippen LogP contribution is -2.43. The summed E-state index contributed by atoms with van der Waals surface area (Å²) in [7, 11) is 0. The number of carbonyl (C=O) groups is 3. The number of primary amides is 1. The molecule has 1 aromatic heterocycles. The van der Waals surface area contributed by atoms with Gasteiger partial charge in [0.2, 0.25) is 5.91 Å². The lowest BCUT2D eigenvalue weighted by molar-refractivity contribution is -0.119. The van der Waals surface area contributed by atoms with Crippen molar-refractivity contribution in [2.75, 3.05) is 18.5 Å². The molecule has 1 aliphatic rings. The van der Waals surface area contributed by atoms with Gasteiger partial charge in [0, 0.05) is 24.8 Å². The molecule has 8 nitrogen and oxygen atoms in total. The van der Waals surface area contributed by atoms with E-state index in [0.717, 1.165) is 12.0 Å². The van der Waals surface area contributed by atoms with Crippen LogP contribution in [0.5, 0.6) is 0 Å². The SMILES string of the molecule is NC(=O)OCCc1ccc(NC(=O)C2CCCN2C(=O)c2ccccn2)cc1. The van der Waals surface area contributed by atoms with E-state index in [-0.39, 0.29) is 18.4 Å². The van der Waals surface area contributed by atoms with E-state index >= 15 is 0 Å². The third-order valence-electron chi connectivity index (χ3n) is 4.56. The number of nitrogens with zero attached hydrogens (tertiary/aromatic N) is 2. The molecule has 3 N–H and O–H groups in total. The molecule has 1 saturated heterocycles. The Kier molecular flexibility index (Phi) is 6.21. The topological polar surface area (TPSA) is 115 Å². The number of rotatable bonds is 6. The van der Waals surface area contributed by atoms with E-state index in [0.29, 0.717) is 30.8 Å². The molecule has 0 radical (unpaired) electrons. The number of benzene rings is 1. The molecule has 8 heteroatoms. The number of ether oxygens (including phenoxy) is 1. The van der Waals surface area contributed by atoms with E-state index in [1.165, 1.54) is 0 Å². The van der Waals surface area contributed by atoms with Crippen LogP contribution in [-0.2, 0) is 16.0 Å². The summed E-state index contributed by atoms with van der Waals surface area (Å²) in [4.78, 5) is 41.6. The maximum Gasteiger partial charge on any atom is 0.404 e. The van der Waals surface area contributed by atoms with Crippen LogP contribution < -0.4 is 11.1 Å². The normalized spacial score (nSPS) is 15.9. The minimum absolute atomic E-state index is 0.202. The second kappa shape index (κ2) is 8.98. The second-order valence-electron chi connectivity index (χ2n) is 6.48. The number of hydrogen-bond donors (Lipinski definition) is 2. The Morgan fingerprint density at radius 3 is 2.64 bits per heavy atom. The summed E-state index contributed by atoms with van der Waals surface area (Å²) in [5.74, 6) is -0.449. The molecule has 28 heavy (non-hydrogen) atoms. The molecule has 3 amide bonds. The zero-order valence-corrected chi connectivity index (χ0v) is 15.3. The molecular weight excluding hydrogens is 360 g/mol. The summed E-state index contributed by atoms with van der Waals surface area (Å²) in [5, 5.41) is 2.86. The van der Waals surface area contributed by atoms with Crippen LogP contribution in [0.4, 0.5) is 10.5 Å². The summed E-state index contributed by atoms with van der Waals surface area (Å²) >= 11 is 0. The molecule has 0 spiro atoms. The third-order valence-corrected chi connectivity index (χ3v) is 4.56. The van der Waals surface area contributed by atoms with Crippen LogP contribution in [0.2, 0.25) is 0 Å². The highest BCUT2D eigenvalue weighted by Crippen LogP contribution is 2.21. The molecule has 0 bridgehead atoms. The number of likely N-dealkylation sites (tertiary alicyclic amines) is 1. The van der Waals surface area contributed by atoms with Crippen LogP contribution in [0.3, 0.4) is 0 Å². The molecule has 2 heterocycles. The fourth-order valence-corrected chi connectivity index (χ4v) is 3.17. The minimum Gasteiger partial charge on any atom is -0.449 e. The molecule has 0 saturated carbocycles. The zero-order chi connectivity index (χ0) is 19.9. The van der Waals surface area contributed by atoms with Gasteiger partial charge in [0.1, 0.15) is 11.7 Å². The van der Waals surface area contributed by atoms with Crippen molar-refractivity contribution in [2.24, 2.45) is 5.73 Å². The quantitative estimate of drug-likeness (QED) is 0.793. The Morgan fingerprint density at radius 1 is 1.18 bits per heavy atom. The van der Waals surface area contributed by atoms with Gasteiger partial charge in [0.15, 0.2) is 0 Å². The highest BCUT2D eigenvalue weighted by Gasteiger charge is 2.35. The third kappa shape index (κ3) is 4.85. The van der Waals surface area contributed by atoms with Crippen molar-refractivity contribution in [3.8, 4) is 0 Å². The maximum atomic E-state index is 12.7. The van der Waals surface area contributed by atoms with Gasteiger partial charge in [-0.15, -0.1) is 0 Å². The number of amides is 3. The number of hydrogen-bond acceptors (Lipinski definition) is 5. The van der Waals surface area contributed by atoms with E-state index in [9.17, 15) is 14.4 Å². The molecule has 1 aromatic carbocycles. The molecule has 146 valence electrons. The standard InChI is InChI=1S/C20H22N4O4/c21-20(27)28-13-10-14-6-8-15(9-7-14)23-18(25)17-5-3-12-24(17)19(26)16-4-1-2-11-22-16/h1-2,4,6-9,11,17H,3,5,10,12-13H2,(H2,21,27)(H,23,25). The van der Waals surface area contributed by atoms with Crippen LogP contribution in [0.25, 0.3) is 0 Å². The Balaban J connectivity index is 1.59. The number of aromatic nitrogens is 1. The first-order valence-electron chi connectivity index (χ1n) is 9.08. The minimum atomic E-state index is -0.801. The predicted molar refractivity (Wildman–Crippen MR) is 103 cm³/mol. The molecule has 0 aliphatic carbocycles. The fourth-order valence-electron chi connectivity index (χ4n) is 3.17. The lowest BCUT2D eigenvalue weighted by atomic mass is 10.1. The van der Waals surface area contributed by atoms with Crippen molar-refractivity contribution in [3.05, 3.63) is 59.9 Å². The van der Waals surface area contributed by atoms with Gasteiger partial charge in [-0.05, 0) is 42.7 Å². The highest BCUT2D eigenvalue weighted by atomic mass is 16.5. The van der Waals surface area contributed by atoms with Gasteiger partial charge in [0.25, 0.3) is 5.91 Å². The molecule has 1 unspecified atom stereocenters. The predicted octanol–water partition coefficient (Wildman–Crippen LogP) is 1.96.